The van der Waals surface area contributed by atoms with Crippen LogP contribution in [0, 0.1) is 0 Å². The van der Waals surface area contributed by atoms with Crippen molar-refractivity contribution in [1.82, 2.24) is 15.0 Å². The number of hydrogen-bond donors (Lipinski definition) is 1. The van der Waals surface area contributed by atoms with Crippen molar-refractivity contribution in [1.29, 1.82) is 0 Å². The van der Waals surface area contributed by atoms with E-state index < -0.39 is 11.6 Å². The van der Waals surface area contributed by atoms with Crippen LogP contribution in [0.25, 0.3) is 16.7 Å². The van der Waals surface area contributed by atoms with E-state index in [0.29, 0.717) is 11.0 Å². The fourth-order valence-corrected chi connectivity index (χ4v) is 2.12. The molecule has 3 aromatic rings. The number of benzene rings is 2. The molecule has 0 aliphatic carbocycles. The quantitative estimate of drug-likeness (QED) is 0.454. The van der Waals surface area contributed by atoms with Crippen molar-refractivity contribution >= 4 is 22.6 Å². The average Bonchev–Trinajstić information content (AvgIpc) is 2.97. The lowest BCUT2D eigenvalue weighted by Gasteiger charge is -2.06. The van der Waals surface area contributed by atoms with Crippen LogP contribution in [0.5, 0.6) is 5.75 Å². The third-order valence-electron chi connectivity index (χ3n) is 3.33. The largest absolute Gasteiger partial charge is 0.506 e. The number of phenols is 1. The molecule has 6 heteroatoms. The summed E-state index contributed by atoms with van der Waals surface area (Å²) >= 11 is 0. The van der Waals surface area contributed by atoms with Gasteiger partial charge in [0.25, 0.3) is 0 Å². The van der Waals surface area contributed by atoms with E-state index >= 15 is 0 Å². The number of aromatic hydroxyl groups is 1. The molecule has 0 aliphatic heterocycles. The lowest BCUT2D eigenvalue weighted by molar-refractivity contribution is -0.111. The number of fused-ring (bicyclic) bond motifs is 1. The van der Waals surface area contributed by atoms with E-state index in [-0.39, 0.29) is 22.6 Å². The number of carbonyl (C=O) groups is 2. The smallest absolute Gasteiger partial charge is 0.233 e. The van der Waals surface area contributed by atoms with E-state index in [9.17, 15) is 14.7 Å². The molecule has 0 bridgehead atoms. The Labute approximate surface area is 131 Å². The Bertz CT molecular complexity index is 924. The van der Waals surface area contributed by atoms with Gasteiger partial charge in [-0.25, -0.2) is 0 Å². The van der Waals surface area contributed by atoms with E-state index in [1.54, 1.807) is 12.1 Å². The molecule has 0 atom stereocenters. The normalized spacial score (nSPS) is 10.7. The van der Waals surface area contributed by atoms with Crippen LogP contribution in [-0.4, -0.2) is 31.7 Å². The summed E-state index contributed by atoms with van der Waals surface area (Å²) < 4.78 is 0. The Balaban J connectivity index is 2.09. The summed E-state index contributed by atoms with van der Waals surface area (Å²) in [5, 5.41) is 18.5. The Morgan fingerprint density at radius 1 is 1.09 bits per heavy atom. The summed E-state index contributed by atoms with van der Waals surface area (Å²) in [4.78, 5) is 25.1. The van der Waals surface area contributed by atoms with Gasteiger partial charge >= 0.3 is 0 Å². The van der Waals surface area contributed by atoms with Gasteiger partial charge in [-0.2, -0.15) is 0 Å². The average molecular weight is 307 g/mol. The summed E-state index contributed by atoms with van der Waals surface area (Å²) in [5.74, 6) is -1.44. The van der Waals surface area contributed by atoms with Gasteiger partial charge in [0, 0.05) is 5.56 Å². The molecule has 1 heterocycles. The fraction of sp³-hybridized carbons (Fsp3) is 0.0588. The number of Topliss-reactive ketones (excluding diaryl/α,β-unsaturated/α-hetero) is 2. The minimum atomic E-state index is -0.685. The minimum absolute atomic E-state index is 0.0929. The van der Waals surface area contributed by atoms with Gasteiger partial charge in [0.05, 0.1) is 0 Å². The van der Waals surface area contributed by atoms with Crippen LogP contribution in [0.1, 0.15) is 17.3 Å². The van der Waals surface area contributed by atoms with Gasteiger partial charge < -0.3 is 5.11 Å². The number of allylic oxidation sites excluding steroid dienone is 1. The molecule has 0 aliphatic rings. The molecule has 0 amide bonds. The van der Waals surface area contributed by atoms with Crippen molar-refractivity contribution in [2.24, 2.45) is 0 Å². The zero-order chi connectivity index (χ0) is 16.6. The second-order valence-electron chi connectivity index (χ2n) is 5.12. The Morgan fingerprint density at radius 3 is 2.26 bits per heavy atom. The predicted molar refractivity (Wildman–Crippen MR) is 84.7 cm³/mol. The molecule has 0 fully saturated rings. The maximum absolute atomic E-state index is 12.1. The summed E-state index contributed by atoms with van der Waals surface area (Å²) in [5.41, 5.74) is 1.84. The molecule has 6 nitrogen and oxygen atoms in total. The zero-order valence-corrected chi connectivity index (χ0v) is 12.4. The van der Waals surface area contributed by atoms with Gasteiger partial charge in [-0.15, -0.1) is 15.0 Å². The first-order chi connectivity index (χ1) is 11.0. The van der Waals surface area contributed by atoms with Gasteiger partial charge in [-0.3, -0.25) is 9.59 Å². The molecule has 1 N–H and O–H groups in total. The molecule has 0 saturated heterocycles. The van der Waals surface area contributed by atoms with E-state index in [0.717, 1.165) is 0 Å². The Morgan fingerprint density at radius 2 is 1.70 bits per heavy atom. The first kappa shape index (κ1) is 14.6. The molecule has 2 aromatic carbocycles. The number of aromatic nitrogens is 3. The van der Waals surface area contributed by atoms with E-state index in [1.807, 2.05) is 12.1 Å². The van der Waals surface area contributed by atoms with Gasteiger partial charge in [-0.05, 0) is 42.8 Å². The molecule has 0 unspecified atom stereocenters. The number of nitrogens with zero attached hydrogens (tertiary/aromatic N) is 3. The molecular formula is C17H13N3O3. The SMILES string of the molecule is C=C(C)C(=O)C(=O)c1ccc(O)c(-n2nc3ccccc3n2)c1. The van der Waals surface area contributed by atoms with Gasteiger partial charge in [-0.1, -0.05) is 18.7 Å². The summed E-state index contributed by atoms with van der Waals surface area (Å²) in [6.45, 7) is 4.95. The topological polar surface area (TPSA) is 85.1 Å². The zero-order valence-electron chi connectivity index (χ0n) is 12.4. The lowest BCUT2D eigenvalue weighted by Crippen LogP contribution is -2.15. The van der Waals surface area contributed by atoms with E-state index in [2.05, 4.69) is 16.8 Å². The molecule has 0 saturated carbocycles. The molecule has 114 valence electrons. The van der Waals surface area contributed by atoms with Gasteiger partial charge in [0.2, 0.25) is 11.6 Å². The van der Waals surface area contributed by atoms with Gasteiger partial charge in [0.15, 0.2) is 0 Å². The highest BCUT2D eigenvalue weighted by Crippen LogP contribution is 2.23. The van der Waals surface area contributed by atoms with Crippen LogP contribution in [0.2, 0.25) is 0 Å². The number of ketones is 2. The molecular weight excluding hydrogens is 294 g/mol. The van der Waals surface area contributed by atoms with Crippen LogP contribution >= 0.6 is 0 Å². The van der Waals surface area contributed by atoms with Crippen LogP contribution < -0.4 is 0 Å². The van der Waals surface area contributed by atoms with Crippen LogP contribution in [-0.2, 0) is 4.79 Å². The number of hydrogen-bond acceptors (Lipinski definition) is 5. The number of carbonyl (C=O) groups excluding carboxylic acids is 2. The maximum atomic E-state index is 12.1. The van der Waals surface area contributed by atoms with Crippen molar-refractivity contribution < 1.29 is 14.7 Å². The van der Waals surface area contributed by atoms with E-state index in [4.69, 9.17) is 0 Å². The Kier molecular flexibility index (Phi) is 3.50. The number of phenolic OH excluding ortho intramolecular Hbond substituents is 1. The highest BCUT2D eigenvalue weighted by atomic mass is 16.3. The molecule has 3 rings (SSSR count). The second kappa shape index (κ2) is 5.49. The molecule has 23 heavy (non-hydrogen) atoms. The summed E-state index contributed by atoms with van der Waals surface area (Å²) in [6.07, 6.45) is 0. The molecule has 1 aromatic heterocycles. The molecule has 0 radical (unpaired) electrons. The highest BCUT2D eigenvalue weighted by Gasteiger charge is 2.19. The standard InChI is InChI=1S/C17H13N3O3/c1-10(2)16(22)17(23)11-7-8-15(21)14(9-11)20-18-12-5-3-4-6-13(12)19-20/h3-9,21H,1H2,2H3. The van der Waals surface area contributed by atoms with Gasteiger partial charge in [0.1, 0.15) is 22.5 Å². The molecule has 0 spiro atoms. The van der Waals surface area contributed by atoms with Crippen LogP contribution in [0.3, 0.4) is 0 Å². The first-order valence-electron chi connectivity index (χ1n) is 6.87. The monoisotopic (exact) mass is 307 g/mol. The first-order valence-corrected chi connectivity index (χ1v) is 6.87. The fourth-order valence-electron chi connectivity index (χ4n) is 2.12. The minimum Gasteiger partial charge on any atom is -0.506 e. The summed E-state index contributed by atoms with van der Waals surface area (Å²) in [6, 6.07) is 11.3. The van der Waals surface area contributed by atoms with Crippen molar-refractivity contribution in [3.63, 3.8) is 0 Å². The summed E-state index contributed by atoms with van der Waals surface area (Å²) in [7, 11) is 0. The van der Waals surface area contributed by atoms with Crippen molar-refractivity contribution in [2.45, 2.75) is 6.92 Å². The number of rotatable bonds is 4. The van der Waals surface area contributed by atoms with Crippen molar-refractivity contribution in [3.05, 3.63) is 60.2 Å². The Hall–Kier alpha value is -3.28. The van der Waals surface area contributed by atoms with Crippen molar-refractivity contribution in [2.75, 3.05) is 0 Å². The third-order valence-corrected chi connectivity index (χ3v) is 3.33. The third kappa shape index (κ3) is 2.62. The van der Waals surface area contributed by atoms with Crippen molar-refractivity contribution in [3.8, 4) is 11.4 Å². The highest BCUT2D eigenvalue weighted by molar-refractivity contribution is 6.48. The van der Waals surface area contributed by atoms with Crippen LogP contribution in [0.4, 0.5) is 0 Å². The predicted octanol–water partition coefficient (Wildman–Crippen LogP) is 2.45. The van der Waals surface area contributed by atoms with E-state index in [1.165, 1.54) is 29.9 Å². The lowest BCUT2D eigenvalue weighted by atomic mass is 10.0. The maximum Gasteiger partial charge on any atom is 0.233 e. The second-order valence-corrected chi connectivity index (χ2v) is 5.12. The van der Waals surface area contributed by atoms with Crippen LogP contribution in [0.15, 0.2) is 54.6 Å².